The first-order valence-corrected chi connectivity index (χ1v) is 8.80. The number of halogens is 3. The van der Waals surface area contributed by atoms with E-state index < -0.39 is 12.1 Å². The zero-order valence-electron chi connectivity index (χ0n) is 16.0. The van der Waals surface area contributed by atoms with Crippen LogP contribution in [-0.4, -0.2) is 33.6 Å². The van der Waals surface area contributed by atoms with Crippen LogP contribution >= 0.6 is 0 Å². The number of nitriles is 1. The Bertz CT molecular complexity index is 1040. The van der Waals surface area contributed by atoms with Gasteiger partial charge in [0.05, 0.1) is 13.2 Å². The topological polar surface area (TPSA) is 107 Å². The van der Waals surface area contributed by atoms with Crippen molar-refractivity contribution in [3.8, 4) is 29.1 Å². The second-order valence-electron chi connectivity index (χ2n) is 6.28. The van der Waals surface area contributed by atoms with E-state index >= 15 is 0 Å². The van der Waals surface area contributed by atoms with Crippen molar-refractivity contribution >= 4 is 0 Å². The zero-order chi connectivity index (χ0) is 21.7. The van der Waals surface area contributed by atoms with Gasteiger partial charge in [0, 0.05) is 18.1 Å². The van der Waals surface area contributed by atoms with Gasteiger partial charge in [-0.1, -0.05) is 5.16 Å². The summed E-state index contributed by atoms with van der Waals surface area (Å²) in [7, 11) is 0. The van der Waals surface area contributed by atoms with E-state index in [0.717, 1.165) is 11.1 Å². The summed E-state index contributed by atoms with van der Waals surface area (Å²) in [5.74, 6) is -0.599. The highest BCUT2D eigenvalue weighted by molar-refractivity contribution is 5.61. The van der Waals surface area contributed by atoms with Crippen LogP contribution in [0.3, 0.4) is 0 Å². The van der Waals surface area contributed by atoms with Gasteiger partial charge in [-0.05, 0) is 43.2 Å². The molecule has 3 rings (SSSR count). The number of alkyl halides is 3. The normalized spacial score (nSPS) is 11.2. The third-order valence-corrected chi connectivity index (χ3v) is 3.93. The summed E-state index contributed by atoms with van der Waals surface area (Å²) < 4.78 is 53.4. The molecule has 0 aliphatic carbocycles. The average molecular weight is 419 g/mol. The number of aromatic nitrogens is 4. The molecule has 2 heterocycles. The molecule has 1 aromatic carbocycles. The Morgan fingerprint density at radius 3 is 2.33 bits per heavy atom. The van der Waals surface area contributed by atoms with Crippen molar-refractivity contribution in [2.24, 2.45) is 0 Å². The molecule has 2 aromatic heterocycles. The molecule has 0 atom stereocenters. The molecule has 0 radical (unpaired) electrons. The predicted molar refractivity (Wildman–Crippen MR) is 96.6 cm³/mol. The van der Waals surface area contributed by atoms with Gasteiger partial charge in [-0.3, -0.25) is 0 Å². The quantitative estimate of drug-likeness (QED) is 0.531. The van der Waals surface area contributed by atoms with E-state index in [4.69, 9.17) is 14.7 Å². The van der Waals surface area contributed by atoms with Gasteiger partial charge in [0.1, 0.15) is 11.8 Å². The molecule has 0 aliphatic rings. The second-order valence-corrected chi connectivity index (χ2v) is 6.28. The van der Waals surface area contributed by atoms with Crippen LogP contribution in [0.4, 0.5) is 13.2 Å². The van der Waals surface area contributed by atoms with Crippen molar-refractivity contribution in [1.29, 1.82) is 5.26 Å². The molecular formula is C19H16F3N5O3. The lowest BCUT2D eigenvalue weighted by molar-refractivity contribution is -0.159. The molecule has 0 bridgehead atoms. The highest BCUT2D eigenvalue weighted by atomic mass is 19.4. The van der Waals surface area contributed by atoms with E-state index in [1.807, 2.05) is 6.07 Å². The maximum Gasteiger partial charge on any atom is 0.471 e. The number of benzene rings is 1. The summed E-state index contributed by atoms with van der Waals surface area (Å²) in [5, 5.41) is 19.5. The van der Waals surface area contributed by atoms with Gasteiger partial charge in [-0.25, -0.2) is 0 Å². The lowest BCUT2D eigenvalue weighted by Gasteiger charge is -2.13. The van der Waals surface area contributed by atoms with Crippen LogP contribution in [0.25, 0.3) is 11.4 Å². The maximum absolute atomic E-state index is 12.6. The summed E-state index contributed by atoms with van der Waals surface area (Å²) >= 11 is 0. The average Bonchev–Trinajstić information content (AvgIpc) is 3.20. The highest BCUT2D eigenvalue weighted by Crippen LogP contribution is 2.32. The molecule has 0 fully saturated rings. The van der Waals surface area contributed by atoms with Crippen LogP contribution in [0, 0.1) is 25.2 Å². The van der Waals surface area contributed by atoms with Crippen LogP contribution < -0.4 is 9.47 Å². The van der Waals surface area contributed by atoms with Crippen molar-refractivity contribution in [3.05, 3.63) is 47.0 Å². The van der Waals surface area contributed by atoms with E-state index in [0.29, 0.717) is 36.8 Å². The molecule has 0 saturated carbocycles. The first-order valence-electron chi connectivity index (χ1n) is 8.80. The minimum Gasteiger partial charge on any atom is -0.493 e. The van der Waals surface area contributed by atoms with Gasteiger partial charge < -0.3 is 14.0 Å². The molecule has 8 nitrogen and oxygen atoms in total. The molecule has 3 aromatic rings. The van der Waals surface area contributed by atoms with Gasteiger partial charge in [0.2, 0.25) is 11.7 Å². The van der Waals surface area contributed by atoms with Crippen molar-refractivity contribution in [3.63, 3.8) is 0 Å². The number of rotatable bonds is 7. The first kappa shape index (κ1) is 21.0. The third kappa shape index (κ3) is 5.02. The summed E-state index contributed by atoms with van der Waals surface area (Å²) in [6.45, 7) is 4.24. The Morgan fingerprint density at radius 2 is 1.77 bits per heavy atom. The minimum absolute atomic E-state index is 0.142. The molecule has 0 aliphatic heterocycles. The van der Waals surface area contributed by atoms with Gasteiger partial charge in [0.15, 0.2) is 5.69 Å². The summed E-state index contributed by atoms with van der Waals surface area (Å²) in [5.41, 5.74) is 2.05. The lowest BCUT2D eigenvalue weighted by atomic mass is 10.1. The smallest absolute Gasteiger partial charge is 0.471 e. The predicted octanol–water partition coefficient (Wildman–Crippen LogP) is 3.88. The van der Waals surface area contributed by atoms with E-state index in [1.165, 1.54) is 6.07 Å². The molecule has 0 amide bonds. The largest absolute Gasteiger partial charge is 0.493 e. The van der Waals surface area contributed by atoms with Crippen LogP contribution in [0.5, 0.6) is 11.6 Å². The maximum atomic E-state index is 12.6. The molecule has 0 saturated heterocycles. The van der Waals surface area contributed by atoms with E-state index in [-0.39, 0.29) is 11.5 Å². The summed E-state index contributed by atoms with van der Waals surface area (Å²) in [6.07, 6.45) is -4.13. The molecule has 156 valence electrons. The summed E-state index contributed by atoms with van der Waals surface area (Å²) in [4.78, 5) is 3.40. The van der Waals surface area contributed by atoms with Crippen LogP contribution in [0.1, 0.15) is 29.1 Å². The standard InChI is InChI=1S/C19H16F3N5O3/c1-11-8-13(17-24-18(30-27-17)19(20,21)22)9-12(2)16(11)29-7-3-6-28-15-5-4-14(10-23)25-26-15/h4-5,8-9H,3,6-7H2,1-2H3. The van der Waals surface area contributed by atoms with Crippen molar-refractivity contribution in [2.75, 3.05) is 13.2 Å². The van der Waals surface area contributed by atoms with Gasteiger partial charge >= 0.3 is 12.1 Å². The molecule has 0 N–H and O–H groups in total. The van der Waals surface area contributed by atoms with Crippen LogP contribution in [0.15, 0.2) is 28.8 Å². The molecular weight excluding hydrogens is 403 g/mol. The van der Waals surface area contributed by atoms with Crippen molar-refractivity contribution in [2.45, 2.75) is 26.4 Å². The fraction of sp³-hybridized carbons (Fsp3) is 0.316. The molecule has 30 heavy (non-hydrogen) atoms. The van der Waals surface area contributed by atoms with Gasteiger partial charge in [-0.15, -0.1) is 10.2 Å². The number of hydrogen-bond donors (Lipinski definition) is 0. The first-order chi connectivity index (χ1) is 14.3. The van der Waals surface area contributed by atoms with E-state index in [2.05, 4.69) is 24.9 Å². The van der Waals surface area contributed by atoms with Gasteiger partial charge in [0.25, 0.3) is 0 Å². The lowest BCUT2D eigenvalue weighted by Crippen LogP contribution is -2.07. The third-order valence-electron chi connectivity index (χ3n) is 3.93. The molecule has 0 unspecified atom stereocenters. The summed E-state index contributed by atoms with van der Waals surface area (Å²) in [6, 6.07) is 8.20. The van der Waals surface area contributed by atoms with Gasteiger partial charge in [-0.2, -0.15) is 23.4 Å². The fourth-order valence-corrected chi connectivity index (χ4v) is 2.63. The Labute approximate surface area is 169 Å². The second kappa shape index (κ2) is 8.77. The monoisotopic (exact) mass is 419 g/mol. The molecule has 11 heteroatoms. The highest BCUT2D eigenvalue weighted by Gasteiger charge is 2.38. The van der Waals surface area contributed by atoms with E-state index in [9.17, 15) is 13.2 Å². The number of aryl methyl sites for hydroxylation is 2. The van der Waals surface area contributed by atoms with Crippen molar-refractivity contribution < 1.29 is 27.2 Å². The zero-order valence-corrected chi connectivity index (χ0v) is 16.0. The number of ether oxygens (including phenoxy) is 2. The number of hydrogen-bond acceptors (Lipinski definition) is 8. The van der Waals surface area contributed by atoms with Crippen molar-refractivity contribution in [1.82, 2.24) is 20.3 Å². The van der Waals surface area contributed by atoms with Crippen LogP contribution in [0.2, 0.25) is 0 Å². The van der Waals surface area contributed by atoms with E-state index in [1.54, 1.807) is 32.0 Å². The minimum atomic E-state index is -4.69. The SMILES string of the molecule is Cc1cc(-c2noc(C(F)(F)F)n2)cc(C)c1OCCCOc1ccc(C#N)nn1. The number of nitrogens with zero attached hydrogens (tertiary/aromatic N) is 5. The Balaban J connectivity index is 1.56. The Morgan fingerprint density at radius 1 is 1.07 bits per heavy atom. The Kier molecular flexibility index (Phi) is 6.15. The fourth-order valence-electron chi connectivity index (χ4n) is 2.63. The molecule has 0 spiro atoms. The Hall–Kier alpha value is -3.68. The van der Waals surface area contributed by atoms with Crippen LogP contribution in [-0.2, 0) is 6.18 Å².